The zero-order valence-electron chi connectivity index (χ0n) is 19.0. The van der Waals surface area contributed by atoms with Crippen LogP contribution in [0.15, 0.2) is 30.3 Å². The van der Waals surface area contributed by atoms with Gasteiger partial charge in [-0.15, -0.1) is 0 Å². The van der Waals surface area contributed by atoms with Crippen LogP contribution < -0.4 is 5.32 Å². The maximum absolute atomic E-state index is 12.5. The Kier molecular flexibility index (Phi) is 7.65. The number of carbonyl (C=O) groups excluding carboxylic acids is 2. The van der Waals surface area contributed by atoms with E-state index >= 15 is 0 Å². The molecule has 0 radical (unpaired) electrons. The van der Waals surface area contributed by atoms with Crippen molar-refractivity contribution in [2.75, 3.05) is 7.11 Å². The van der Waals surface area contributed by atoms with E-state index in [0.717, 1.165) is 5.56 Å². The number of hydrogen-bond donors (Lipinski definition) is 1. The summed E-state index contributed by atoms with van der Waals surface area (Å²) in [6.07, 6.45) is 0.130. The van der Waals surface area contributed by atoms with Gasteiger partial charge in [0.15, 0.2) is 5.69 Å². The first-order valence-corrected chi connectivity index (χ1v) is 10.2. The van der Waals surface area contributed by atoms with Crippen molar-refractivity contribution in [3.05, 3.63) is 53.1 Å². The molecule has 0 aliphatic rings. The Hall–Kier alpha value is -2.83. The van der Waals surface area contributed by atoms with Gasteiger partial charge in [0.1, 0.15) is 11.4 Å². The zero-order valence-corrected chi connectivity index (χ0v) is 19.0. The predicted octanol–water partition coefficient (Wildman–Crippen LogP) is 4.64. The Labute approximate surface area is 178 Å². The minimum absolute atomic E-state index is 0.253. The molecule has 2 aromatic rings. The second-order valence-electron chi connectivity index (χ2n) is 8.80. The Balaban J connectivity index is 2.48. The molecule has 0 aliphatic carbocycles. The molecule has 1 aromatic heterocycles. The molecule has 1 aromatic carbocycles. The molecule has 1 amide bonds. The van der Waals surface area contributed by atoms with Crippen LogP contribution in [0.1, 0.15) is 74.7 Å². The highest BCUT2D eigenvalue weighted by molar-refractivity contribution is 5.88. The second kappa shape index (κ2) is 9.78. The van der Waals surface area contributed by atoms with E-state index in [1.807, 2.05) is 62.6 Å². The topological polar surface area (TPSA) is 82.4 Å². The molecule has 0 fully saturated rings. The van der Waals surface area contributed by atoms with E-state index in [0.29, 0.717) is 24.5 Å². The number of ether oxygens (including phenoxy) is 2. The van der Waals surface area contributed by atoms with Crippen LogP contribution in [0, 0.1) is 12.8 Å². The fourth-order valence-corrected chi connectivity index (χ4v) is 3.23. The monoisotopic (exact) mass is 415 g/mol. The molecular weight excluding hydrogens is 382 g/mol. The van der Waals surface area contributed by atoms with Crippen LogP contribution in [-0.2, 0) is 16.0 Å². The third kappa shape index (κ3) is 6.34. The van der Waals surface area contributed by atoms with Crippen LogP contribution in [0.2, 0.25) is 0 Å². The molecule has 1 heterocycles. The molecule has 0 aliphatic heterocycles. The summed E-state index contributed by atoms with van der Waals surface area (Å²) in [5.74, 6) is 0.395. The van der Waals surface area contributed by atoms with Crippen molar-refractivity contribution in [1.82, 2.24) is 14.9 Å². The van der Waals surface area contributed by atoms with Gasteiger partial charge in [-0.3, -0.25) is 0 Å². The average molecular weight is 416 g/mol. The second-order valence-corrected chi connectivity index (χ2v) is 8.80. The van der Waals surface area contributed by atoms with Crippen molar-refractivity contribution in [2.45, 2.75) is 66.2 Å². The molecule has 0 unspecified atom stereocenters. The molecule has 0 bridgehead atoms. The molecule has 1 N–H and O–H groups in total. The molecular formula is C23H33N3O4. The van der Waals surface area contributed by atoms with E-state index in [4.69, 9.17) is 9.47 Å². The summed E-state index contributed by atoms with van der Waals surface area (Å²) >= 11 is 0. The number of nitrogens with one attached hydrogen (secondary N) is 1. The van der Waals surface area contributed by atoms with Crippen molar-refractivity contribution < 1.29 is 19.1 Å². The summed E-state index contributed by atoms with van der Waals surface area (Å²) in [5.41, 5.74) is 1.40. The van der Waals surface area contributed by atoms with E-state index in [1.165, 1.54) is 7.11 Å². The lowest BCUT2D eigenvalue weighted by molar-refractivity contribution is 0.0494. The van der Waals surface area contributed by atoms with E-state index in [9.17, 15) is 9.59 Å². The van der Waals surface area contributed by atoms with Crippen LogP contribution in [0.25, 0.3) is 0 Å². The number of carbonyl (C=O) groups is 2. The molecule has 0 saturated heterocycles. The first-order valence-electron chi connectivity index (χ1n) is 10.2. The highest BCUT2D eigenvalue weighted by Gasteiger charge is 2.28. The molecule has 1 atom stereocenters. The van der Waals surface area contributed by atoms with Gasteiger partial charge in [-0.1, -0.05) is 44.2 Å². The number of hydrogen-bond acceptors (Lipinski definition) is 5. The summed E-state index contributed by atoms with van der Waals surface area (Å²) in [6.45, 7) is 12.0. The minimum Gasteiger partial charge on any atom is -0.464 e. The van der Waals surface area contributed by atoms with E-state index in [2.05, 4.69) is 24.1 Å². The predicted molar refractivity (Wildman–Crippen MR) is 115 cm³/mol. The van der Waals surface area contributed by atoms with Gasteiger partial charge >= 0.3 is 12.1 Å². The maximum atomic E-state index is 12.5. The molecule has 7 nitrogen and oxygen atoms in total. The van der Waals surface area contributed by atoms with Crippen LogP contribution in [0.3, 0.4) is 0 Å². The first kappa shape index (κ1) is 23.4. The van der Waals surface area contributed by atoms with Crippen LogP contribution in [0.5, 0.6) is 0 Å². The van der Waals surface area contributed by atoms with Gasteiger partial charge in [0.05, 0.1) is 13.2 Å². The number of alkyl carbamates (subject to hydrolysis) is 1. The minimum atomic E-state index is -0.612. The zero-order chi connectivity index (χ0) is 22.5. The van der Waals surface area contributed by atoms with E-state index < -0.39 is 23.7 Å². The van der Waals surface area contributed by atoms with E-state index in [1.54, 1.807) is 0 Å². The molecule has 0 saturated carbocycles. The Morgan fingerprint density at radius 3 is 2.33 bits per heavy atom. The molecule has 0 spiro atoms. The molecule has 30 heavy (non-hydrogen) atoms. The fourth-order valence-electron chi connectivity index (χ4n) is 3.23. The number of esters is 1. The van der Waals surface area contributed by atoms with Gasteiger partial charge in [0, 0.05) is 12.2 Å². The van der Waals surface area contributed by atoms with Crippen molar-refractivity contribution in [1.29, 1.82) is 0 Å². The number of rotatable bonds is 7. The summed E-state index contributed by atoms with van der Waals surface area (Å²) in [7, 11) is 1.34. The van der Waals surface area contributed by atoms with Crippen molar-refractivity contribution in [3.8, 4) is 0 Å². The summed E-state index contributed by atoms with van der Waals surface area (Å²) in [4.78, 5) is 29.4. The third-order valence-electron chi connectivity index (χ3n) is 4.52. The highest BCUT2D eigenvalue weighted by Crippen LogP contribution is 2.26. The quantitative estimate of drug-likeness (QED) is 0.666. The van der Waals surface area contributed by atoms with Crippen molar-refractivity contribution in [3.63, 3.8) is 0 Å². The van der Waals surface area contributed by atoms with E-state index in [-0.39, 0.29) is 11.6 Å². The van der Waals surface area contributed by atoms with Gasteiger partial charge in [-0.05, 0) is 45.6 Å². The number of nitrogens with zero attached hydrogens (tertiary/aromatic N) is 2. The molecule has 2 rings (SSSR count). The Morgan fingerprint density at radius 2 is 1.80 bits per heavy atom. The Bertz CT molecular complexity index is 867. The normalized spacial score (nSPS) is 12.5. The number of imidazole rings is 1. The van der Waals surface area contributed by atoms with Crippen LogP contribution in [0.4, 0.5) is 4.79 Å². The van der Waals surface area contributed by atoms with Crippen LogP contribution in [-0.4, -0.2) is 34.3 Å². The maximum Gasteiger partial charge on any atom is 0.408 e. The van der Waals surface area contributed by atoms with Crippen molar-refractivity contribution >= 4 is 12.1 Å². The van der Waals surface area contributed by atoms with Crippen LogP contribution >= 0.6 is 0 Å². The standard InChI is InChI=1S/C23H33N3O4/c1-15(2)13-18(24-22(28)30-23(4,5)6)20-25-19(21(27)29-7)16(3)26(20)14-17-11-9-8-10-12-17/h8-12,15,18H,13-14H2,1-7H3,(H,24,28)/t18-/m1/s1. The van der Waals surface area contributed by atoms with Crippen molar-refractivity contribution in [2.24, 2.45) is 5.92 Å². The highest BCUT2D eigenvalue weighted by atomic mass is 16.6. The SMILES string of the molecule is COC(=O)c1nc([C@@H](CC(C)C)NC(=O)OC(C)(C)C)n(Cc2ccccc2)c1C. The Morgan fingerprint density at radius 1 is 1.17 bits per heavy atom. The lowest BCUT2D eigenvalue weighted by atomic mass is 10.0. The third-order valence-corrected chi connectivity index (χ3v) is 4.52. The van der Waals surface area contributed by atoms with Gasteiger partial charge < -0.3 is 19.4 Å². The fraction of sp³-hybridized carbons (Fsp3) is 0.522. The summed E-state index contributed by atoms with van der Waals surface area (Å²) in [6, 6.07) is 9.50. The largest absolute Gasteiger partial charge is 0.464 e. The number of amides is 1. The first-order chi connectivity index (χ1) is 14.0. The summed E-state index contributed by atoms with van der Waals surface area (Å²) < 4.78 is 12.3. The lowest BCUT2D eigenvalue weighted by Gasteiger charge is -2.25. The average Bonchev–Trinajstić information content (AvgIpc) is 2.96. The number of benzene rings is 1. The lowest BCUT2D eigenvalue weighted by Crippen LogP contribution is -2.36. The molecule has 7 heteroatoms. The van der Waals surface area contributed by atoms with Gasteiger partial charge in [-0.2, -0.15) is 0 Å². The number of methoxy groups -OCH3 is 1. The van der Waals surface area contributed by atoms with Gasteiger partial charge in [-0.25, -0.2) is 14.6 Å². The smallest absolute Gasteiger partial charge is 0.408 e. The molecule has 164 valence electrons. The summed E-state index contributed by atoms with van der Waals surface area (Å²) in [5, 5.41) is 2.95. The van der Waals surface area contributed by atoms with Gasteiger partial charge in [0.25, 0.3) is 0 Å². The number of aromatic nitrogens is 2. The van der Waals surface area contributed by atoms with Gasteiger partial charge in [0.2, 0.25) is 0 Å².